The van der Waals surface area contributed by atoms with Gasteiger partial charge in [0.05, 0.1) is 30.5 Å². The van der Waals surface area contributed by atoms with Gasteiger partial charge in [-0.25, -0.2) is 9.78 Å². The molecule has 0 fully saturated rings. The topological polar surface area (TPSA) is 103 Å². The highest BCUT2D eigenvalue weighted by Gasteiger charge is 2.27. The van der Waals surface area contributed by atoms with Gasteiger partial charge in [0.25, 0.3) is 0 Å². The average Bonchev–Trinajstić information content (AvgIpc) is 3.27. The number of fused-ring (bicyclic) bond motifs is 1. The number of aromatic nitrogens is 3. The van der Waals surface area contributed by atoms with Gasteiger partial charge >= 0.3 is 11.9 Å². The van der Waals surface area contributed by atoms with Crippen LogP contribution in [0.4, 0.5) is 0 Å². The molecule has 0 amide bonds. The van der Waals surface area contributed by atoms with Gasteiger partial charge in [-0.2, -0.15) is 0 Å². The summed E-state index contributed by atoms with van der Waals surface area (Å²) in [6, 6.07) is 0. The third kappa shape index (κ3) is 3.63. The molecule has 3 heterocycles. The maximum absolute atomic E-state index is 12.7. The molecule has 0 aliphatic carbocycles. The van der Waals surface area contributed by atoms with Crippen LogP contribution in [0.15, 0.2) is 17.8 Å². The lowest BCUT2D eigenvalue weighted by Crippen LogP contribution is -2.26. The summed E-state index contributed by atoms with van der Waals surface area (Å²) in [4.78, 5) is 44.7. The van der Waals surface area contributed by atoms with E-state index in [1.54, 1.807) is 20.0 Å². The van der Waals surface area contributed by atoms with Crippen molar-refractivity contribution in [3.05, 3.63) is 46.0 Å². The van der Waals surface area contributed by atoms with Crippen molar-refractivity contribution in [2.75, 3.05) is 7.11 Å². The summed E-state index contributed by atoms with van der Waals surface area (Å²) < 4.78 is 11.8. The standard InChI is InChI=1S/C18H19N3O5S/c1-9-14(17(24)25-4)10(2)19-15(9)16(23)11(3)26-13(22)7-12-8-21-5-6-27-18(21)20-12/h5-6,8,11,19H,7H2,1-4H3/t11-/m1/s1. The van der Waals surface area contributed by atoms with Crippen LogP contribution in [0.5, 0.6) is 0 Å². The molecule has 0 bridgehead atoms. The van der Waals surface area contributed by atoms with Crippen molar-refractivity contribution >= 4 is 34.0 Å². The maximum atomic E-state index is 12.7. The Kier molecular flexibility index (Phi) is 5.13. The molecule has 3 aromatic heterocycles. The Balaban J connectivity index is 1.69. The first kappa shape index (κ1) is 18.8. The van der Waals surface area contributed by atoms with Gasteiger partial charge in [0.15, 0.2) is 11.1 Å². The molecular weight excluding hydrogens is 370 g/mol. The van der Waals surface area contributed by atoms with Crippen LogP contribution in [-0.2, 0) is 20.7 Å². The Morgan fingerprint density at radius 1 is 1.33 bits per heavy atom. The molecule has 0 aliphatic rings. The third-order valence-corrected chi connectivity index (χ3v) is 4.99. The molecule has 27 heavy (non-hydrogen) atoms. The number of carbonyl (C=O) groups is 3. The van der Waals surface area contributed by atoms with Gasteiger partial charge in [0, 0.05) is 23.5 Å². The molecule has 142 valence electrons. The molecule has 3 aromatic rings. The molecule has 0 spiro atoms. The number of nitrogens with zero attached hydrogens (tertiary/aromatic N) is 2. The fourth-order valence-corrected chi connectivity index (χ4v) is 3.63. The van der Waals surface area contributed by atoms with Crippen LogP contribution in [0.25, 0.3) is 4.96 Å². The normalized spacial score (nSPS) is 12.1. The van der Waals surface area contributed by atoms with Gasteiger partial charge < -0.3 is 14.5 Å². The van der Waals surface area contributed by atoms with Crippen molar-refractivity contribution in [3.63, 3.8) is 0 Å². The first-order valence-electron chi connectivity index (χ1n) is 8.24. The van der Waals surface area contributed by atoms with Gasteiger partial charge in [0.1, 0.15) is 0 Å². The number of methoxy groups -OCH3 is 1. The van der Waals surface area contributed by atoms with Crippen molar-refractivity contribution in [2.45, 2.75) is 33.3 Å². The van der Waals surface area contributed by atoms with E-state index in [0.717, 1.165) is 4.96 Å². The Morgan fingerprint density at radius 3 is 2.74 bits per heavy atom. The van der Waals surface area contributed by atoms with Crippen LogP contribution in [-0.4, -0.2) is 45.3 Å². The van der Waals surface area contributed by atoms with Gasteiger partial charge in [0.2, 0.25) is 5.78 Å². The zero-order valence-electron chi connectivity index (χ0n) is 15.4. The quantitative estimate of drug-likeness (QED) is 0.513. The third-order valence-electron chi connectivity index (χ3n) is 4.22. The summed E-state index contributed by atoms with van der Waals surface area (Å²) in [7, 11) is 1.28. The monoisotopic (exact) mass is 389 g/mol. The van der Waals surface area contributed by atoms with Crippen LogP contribution >= 0.6 is 11.3 Å². The van der Waals surface area contributed by atoms with E-state index in [2.05, 4.69) is 9.97 Å². The highest BCUT2D eigenvalue weighted by atomic mass is 32.1. The molecule has 0 saturated heterocycles. The smallest absolute Gasteiger partial charge is 0.339 e. The lowest BCUT2D eigenvalue weighted by atomic mass is 10.1. The number of hydrogen-bond acceptors (Lipinski definition) is 7. The summed E-state index contributed by atoms with van der Waals surface area (Å²) in [6.45, 7) is 4.83. The predicted molar refractivity (Wildman–Crippen MR) is 98.3 cm³/mol. The molecule has 0 saturated carbocycles. The summed E-state index contributed by atoms with van der Waals surface area (Å²) in [5.74, 6) is -1.48. The van der Waals surface area contributed by atoms with Crippen LogP contribution < -0.4 is 0 Å². The number of aromatic amines is 1. The maximum Gasteiger partial charge on any atom is 0.339 e. The number of aryl methyl sites for hydroxylation is 1. The Bertz CT molecular complexity index is 1000. The number of nitrogens with one attached hydrogen (secondary N) is 1. The van der Waals surface area contributed by atoms with Crippen molar-refractivity contribution < 1.29 is 23.9 Å². The van der Waals surface area contributed by atoms with Gasteiger partial charge in [-0.15, -0.1) is 11.3 Å². The summed E-state index contributed by atoms with van der Waals surface area (Å²) in [6.07, 6.45) is 2.58. The number of rotatable bonds is 6. The number of ketones is 1. The fourth-order valence-electron chi connectivity index (χ4n) is 2.91. The highest BCUT2D eigenvalue weighted by Crippen LogP contribution is 2.21. The molecule has 1 atom stereocenters. The number of esters is 2. The van der Waals surface area contributed by atoms with E-state index in [0.29, 0.717) is 22.5 Å². The van der Waals surface area contributed by atoms with Crippen molar-refractivity contribution in [2.24, 2.45) is 0 Å². The van der Waals surface area contributed by atoms with E-state index in [-0.39, 0.29) is 12.1 Å². The molecule has 1 N–H and O–H groups in total. The molecule has 0 radical (unpaired) electrons. The Morgan fingerprint density at radius 2 is 2.07 bits per heavy atom. The number of hydrogen-bond donors (Lipinski definition) is 1. The van der Waals surface area contributed by atoms with Crippen LogP contribution in [0, 0.1) is 13.8 Å². The van der Waals surface area contributed by atoms with E-state index >= 15 is 0 Å². The second-order valence-corrected chi connectivity index (χ2v) is 6.99. The summed E-state index contributed by atoms with van der Waals surface area (Å²) in [5.41, 5.74) is 2.13. The van der Waals surface area contributed by atoms with Crippen LogP contribution in [0.2, 0.25) is 0 Å². The molecule has 0 aliphatic heterocycles. The van der Waals surface area contributed by atoms with Crippen LogP contribution in [0.1, 0.15) is 44.7 Å². The lowest BCUT2D eigenvalue weighted by molar-refractivity contribution is -0.145. The number of thiazole rings is 1. The number of ether oxygens (including phenoxy) is 2. The van der Waals surface area contributed by atoms with E-state index in [9.17, 15) is 14.4 Å². The van der Waals surface area contributed by atoms with Crippen molar-refractivity contribution in [1.29, 1.82) is 0 Å². The SMILES string of the molecule is COC(=O)c1c(C)[nH]c(C(=O)[C@@H](C)OC(=O)Cc2cn3ccsc3n2)c1C. The van der Waals surface area contributed by atoms with E-state index in [4.69, 9.17) is 9.47 Å². The minimum atomic E-state index is -0.997. The number of imidazole rings is 1. The lowest BCUT2D eigenvalue weighted by Gasteiger charge is -2.11. The summed E-state index contributed by atoms with van der Waals surface area (Å²) in [5, 5.41) is 1.90. The van der Waals surface area contributed by atoms with Crippen molar-refractivity contribution in [1.82, 2.24) is 14.4 Å². The number of carbonyl (C=O) groups excluding carboxylic acids is 3. The van der Waals surface area contributed by atoms with Crippen molar-refractivity contribution in [3.8, 4) is 0 Å². The zero-order valence-corrected chi connectivity index (χ0v) is 16.2. The van der Waals surface area contributed by atoms with Gasteiger partial charge in [-0.05, 0) is 26.3 Å². The van der Waals surface area contributed by atoms with Crippen LogP contribution in [0.3, 0.4) is 0 Å². The Labute approximate surface area is 159 Å². The average molecular weight is 389 g/mol. The van der Waals surface area contributed by atoms with E-state index in [1.165, 1.54) is 25.4 Å². The number of Topliss-reactive ketones (excluding diaryl/α,β-unsaturated/α-hetero) is 1. The second kappa shape index (κ2) is 7.36. The minimum Gasteiger partial charge on any atom is -0.465 e. The molecular formula is C18H19N3O5S. The van der Waals surface area contributed by atoms with E-state index < -0.39 is 23.8 Å². The molecule has 0 aromatic carbocycles. The van der Waals surface area contributed by atoms with E-state index in [1.807, 2.05) is 16.0 Å². The predicted octanol–water partition coefficient (Wildman–Crippen LogP) is 2.48. The molecule has 0 unspecified atom stereocenters. The second-order valence-electron chi connectivity index (χ2n) is 6.11. The summed E-state index contributed by atoms with van der Waals surface area (Å²) >= 11 is 1.46. The molecule has 3 rings (SSSR count). The fraction of sp³-hybridized carbons (Fsp3) is 0.333. The first-order chi connectivity index (χ1) is 12.8. The first-order valence-corrected chi connectivity index (χ1v) is 9.12. The van der Waals surface area contributed by atoms with Gasteiger partial charge in [-0.3, -0.25) is 14.0 Å². The zero-order chi connectivity index (χ0) is 19.7. The largest absolute Gasteiger partial charge is 0.465 e. The van der Waals surface area contributed by atoms with Gasteiger partial charge in [-0.1, -0.05) is 0 Å². The molecule has 9 heteroatoms. The number of H-pyrrole nitrogens is 1. The minimum absolute atomic E-state index is 0.0256. The molecule has 8 nitrogen and oxygen atoms in total. The Hall–Kier alpha value is -2.94. The highest BCUT2D eigenvalue weighted by molar-refractivity contribution is 7.15.